The van der Waals surface area contributed by atoms with E-state index in [9.17, 15) is 0 Å². The zero-order valence-corrected chi connectivity index (χ0v) is 15.6. The van der Waals surface area contributed by atoms with E-state index in [0.29, 0.717) is 11.8 Å². The Hall–Kier alpha value is -2.60. The van der Waals surface area contributed by atoms with Gasteiger partial charge in [0.05, 0.1) is 11.8 Å². The Labute approximate surface area is 155 Å². The number of benzene rings is 2. The summed E-state index contributed by atoms with van der Waals surface area (Å²) in [6.45, 7) is 4.00. The summed E-state index contributed by atoms with van der Waals surface area (Å²) in [6, 6.07) is 17.5. The van der Waals surface area contributed by atoms with Crippen LogP contribution in [0.2, 0.25) is 0 Å². The van der Waals surface area contributed by atoms with Crippen molar-refractivity contribution in [1.29, 1.82) is 0 Å². The summed E-state index contributed by atoms with van der Waals surface area (Å²) in [4.78, 5) is 8.77. The van der Waals surface area contributed by atoms with E-state index in [1.807, 2.05) is 68.4 Å². The normalized spacial score (nSPS) is 10.6. The van der Waals surface area contributed by atoms with Gasteiger partial charge in [0.25, 0.3) is 0 Å². The fourth-order valence-electron chi connectivity index (χ4n) is 2.22. The SMILES string of the molecule is CC(C)Oc1ccccc1Nc1ccnc(Nc2ccc(Br)cc2)n1. The van der Waals surface area contributed by atoms with Crippen LogP contribution in [0.15, 0.2) is 65.3 Å². The second kappa shape index (κ2) is 7.98. The molecule has 1 heterocycles. The third-order valence-corrected chi connectivity index (χ3v) is 3.80. The average molecular weight is 399 g/mol. The van der Waals surface area contributed by atoms with Gasteiger partial charge in [-0.25, -0.2) is 4.98 Å². The second-order valence-corrected chi connectivity index (χ2v) is 6.60. The molecule has 0 aliphatic carbocycles. The van der Waals surface area contributed by atoms with Crippen LogP contribution in [0.3, 0.4) is 0 Å². The topological polar surface area (TPSA) is 59.1 Å². The maximum absolute atomic E-state index is 5.83. The second-order valence-electron chi connectivity index (χ2n) is 5.69. The van der Waals surface area contributed by atoms with Crippen LogP contribution >= 0.6 is 15.9 Å². The number of ether oxygens (including phenoxy) is 1. The molecule has 0 radical (unpaired) electrons. The lowest BCUT2D eigenvalue weighted by molar-refractivity contribution is 0.244. The summed E-state index contributed by atoms with van der Waals surface area (Å²) in [5, 5.41) is 6.48. The first-order valence-electron chi connectivity index (χ1n) is 7.98. The van der Waals surface area contributed by atoms with Crippen molar-refractivity contribution in [3.05, 3.63) is 65.3 Å². The van der Waals surface area contributed by atoms with Crippen molar-refractivity contribution in [2.24, 2.45) is 0 Å². The van der Waals surface area contributed by atoms with Crippen LogP contribution in [0.5, 0.6) is 5.75 Å². The van der Waals surface area contributed by atoms with Crippen molar-refractivity contribution in [3.63, 3.8) is 0 Å². The molecule has 2 aromatic carbocycles. The minimum absolute atomic E-state index is 0.1000. The van der Waals surface area contributed by atoms with Crippen LogP contribution in [-0.4, -0.2) is 16.1 Å². The molecule has 0 aliphatic rings. The molecule has 3 aromatic rings. The molecule has 0 saturated heterocycles. The summed E-state index contributed by atoms with van der Waals surface area (Å²) in [7, 11) is 0. The monoisotopic (exact) mass is 398 g/mol. The van der Waals surface area contributed by atoms with Crippen molar-refractivity contribution in [1.82, 2.24) is 9.97 Å². The van der Waals surface area contributed by atoms with Crippen molar-refractivity contribution in [2.45, 2.75) is 20.0 Å². The molecule has 0 amide bonds. The van der Waals surface area contributed by atoms with Crippen molar-refractivity contribution >= 4 is 39.1 Å². The Balaban J connectivity index is 1.77. The van der Waals surface area contributed by atoms with Gasteiger partial charge in [-0.3, -0.25) is 0 Å². The molecule has 2 N–H and O–H groups in total. The van der Waals surface area contributed by atoms with Crippen molar-refractivity contribution in [3.8, 4) is 5.75 Å². The summed E-state index contributed by atoms with van der Waals surface area (Å²) in [5.74, 6) is 2.00. The van der Waals surface area contributed by atoms with E-state index >= 15 is 0 Å². The van der Waals surface area contributed by atoms with Crippen LogP contribution in [0.1, 0.15) is 13.8 Å². The maximum atomic E-state index is 5.83. The molecule has 0 fully saturated rings. The summed E-state index contributed by atoms with van der Waals surface area (Å²) >= 11 is 3.42. The lowest BCUT2D eigenvalue weighted by Gasteiger charge is -2.15. The number of nitrogens with zero attached hydrogens (tertiary/aromatic N) is 2. The highest BCUT2D eigenvalue weighted by Crippen LogP contribution is 2.28. The van der Waals surface area contributed by atoms with Gasteiger partial charge in [-0.2, -0.15) is 4.98 Å². The smallest absolute Gasteiger partial charge is 0.229 e. The highest BCUT2D eigenvalue weighted by Gasteiger charge is 2.07. The van der Waals surface area contributed by atoms with Crippen LogP contribution in [-0.2, 0) is 0 Å². The predicted molar refractivity (Wildman–Crippen MR) is 105 cm³/mol. The van der Waals surface area contributed by atoms with Gasteiger partial charge in [-0.05, 0) is 56.3 Å². The molecule has 1 aromatic heterocycles. The van der Waals surface area contributed by atoms with E-state index in [1.165, 1.54) is 0 Å². The Kier molecular flexibility index (Phi) is 5.50. The average Bonchev–Trinajstić information content (AvgIpc) is 2.59. The fourth-order valence-corrected chi connectivity index (χ4v) is 2.48. The minimum atomic E-state index is 0.1000. The molecule has 0 saturated carbocycles. The highest BCUT2D eigenvalue weighted by molar-refractivity contribution is 9.10. The Morgan fingerprint density at radius 2 is 1.72 bits per heavy atom. The van der Waals surface area contributed by atoms with E-state index in [2.05, 4.69) is 36.5 Å². The quantitative estimate of drug-likeness (QED) is 0.572. The summed E-state index contributed by atoms with van der Waals surface area (Å²) in [6.07, 6.45) is 1.81. The molecule has 25 heavy (non-hydrogen) atoms. The molecule has 0 unspecified atom stereocenters. The Bertz CT molecular complexity index is 837. The molecule has 3 rings (SSSR count). The highest BCUT2D eigenvalue weighted by atomic mass is 79.9. The Morgan fingerprint density at radius 1 is 0.960 bits per heavy atom. The first kappa shape index (κ1) is 17.2. The van der Waals surface area contributed by atoms with Crippen molar-refractivity contribution < 1.29 is 4.74 Å². The van der Waals surface area contributed by atoms with Gasteiger partial charge in [-0.1, -0.05) is 28.1 Å². The molecular weight excluding hydrogens is 380 g/mol. The van der Waals surface area contributed by atoms with Gasteiger partial charge in [0.15, 0.2) is 0 Å². The summed E-state index contributed by atoms with van der Waals surface area (Å²) < 4.78 is 6.85. The number of nitrogens with one attached hydrogen (secondary N) is 2. The molecule has 0 bridgehead atoms. The molecule has 5 nitrogen and oxygen atoms in total. The first-order chi connectivity index (χ1) is 12.1. The van der Waals surface area contributed by atoms with Crippen LogP contribution in [0, 0.1) is 0 Å². The standard InChI is InChI=1S/C19H19BrN4O/c1-13(2)25-17-6-4-3-5-16(17)23-18-11-12-21-19(24-18)22-15-9-7-14(20)8-10-15/h3-13H,1-2H3,(H2,21,22,23,24). The fraction of sp³-hybridized carbons (Fsp3) is 0.158. The minimum Gasteiger partial charge on any atom is -0.489 e. The third-order valence-electron chi connectivity index (χ3n) is 3.27. The maximum Gasteiger partial charge on any atom is 0.229 e. The lowest BCUT2D eigenvalue weighted by atomic mass is 10.3. The number of hydrogen-bond donors (Lipinski definition) is 2. The first-order valence-corrected chi connectivity index (χ1v) is 8.78. The van der Waals surface area contributed by atoms with E-state index in [-0.39, 0.29) is 6.10 Å². The van der Waals surface area contributed by atoms with Gasteiger partial charge < -0.3 is 15.4 Å². The zero-order valence-electron chi connectivity index (χ0n) is 14.0. The number of hydrogen-bond acceptors (Lipinski definition) is 5. The molecule has 0 atom stereocenters. The molecular formula is C19H19BrN4O. The Morgan fingerprint density at radius 3 is 2.48 bits per heavy atom. The molecule has 128 valence electrons. The molecule has 0 aliphatic heterocycles. The van der Waals surface area contributed by atoms with Gasteiger partial charge in [0.2, 0.25) is 5.95 Å². The lowest BCUT2D eigenvalue weighted by Crippen LogP contribution is -2.07. The largest absolute Gasteiger partial charge is 0.489 e. The van der Waals surface area contributed by atoms with E-state index in [0.717, 1.165) is 21.6 Å². The zero-order chi connectivity index (χ0) is 17.6. The van der Waals surface area contributed by atoms with Gasteiger partial charge in [-0.15, -0.1) is 0 Å². The van der Waals surface area contributed by atoms with Crippen LogP contribution < -0.4 is 15.4 Å². The van der Waals surface area contributed by atoms with E-state index in [4.69, 9.17) is 4.74 Å². The van der Waals surface area contributed by atoms with Crippen molar-refractivity contribution in [2.75, 3.05) is 10.6 Å². The molecule has 6 heteroatoms. The number of halogens is 1. The number of anilines is 4. The van der Waals surface area contributed by atoms with Gasteiger partial charge in [0, 0.05) is 16.4 Å². The molecule has 0 spiro atoms. The van der Waals surface area contributed by atoms with Crippen LogP contribution in [0.25, 0.3) is 0 Å². The predicted octanol–water partition coefficient (Wildman–Crippen LogP) is 5.51. The number of rotatable bonds is 6. The summed E-state index contributed by atoms with van der Waals surface area (Å²) in [5.41, 5.74) is 1.79. The number of aromatic nitrogens is 2. The van der Waals surface area contributed by atoms with E-state index in [1.54, 1.807) is 6.20 Å². The number of para-hydroxylation sites is 2. The van der Waals surface area contributed by atoms with E-state index < -0.39 is 0 Å². The van der Waals surface area contributed by atoms with Gasteiger partial charge >= 0.3 is 0 Å². The van der Waals surface area contributed by atoms with Gasteiger partial charge in [0.1, 0.15) is 11.6 Å². The third kappa shape index (κ3) is 4.93. The van der Waals surface area contributed by atoms with Crippen LogP contribution in [0.4, 0.5) is 23.1 Å².